The minimum absolute atomic E-state index is 0.552. The number of benzene rings is 1. The first-order valence-electron chi connectivity index (χ1n) is 4.78. The second kappa shape index (κ2) is 3.12. The monoisotopic (exact) mass is 223 g/mol. The van der Waals surface area contributed by atoms with Gasteiger partial charge < -0.3 is 10.5 Å². The van der Waals surface area contributed by atoms with E-state index >= 15 is 0 Å². The summed E-state index contributed by atoms with van der Waals surface area (Å²) < 4.78 is 7.34. The van der Waals surface area contributed by atoms with Gasteiger partial charge in [-0.1, -0.05) is 11.6 Å². The van der Waals surface area contributed by atoms with Gasteiger partial charge >= 0.3 is 0 Å². The second-order valence-electron chi connectivity index (χ2n) is 3.58. The number of hydrogen-bond acceptors (Lipinski definition) is 3. The molecule has 1 aromatic carbocycles. The van der Waals surface area contributed by atoms with E-state index < -0.39 is 0 Å². The predicted molar refractivity (Wildman–Crippen MR) is 58.8 cm³/mol. The molecule has 1 aliphatic heterocycles. The van der Waals surface area contributed by atoms with E-state index in [-0.39, 0.29) is 0 Å². The van der Waals surface area contributed by atoms with E-state index in [1.54, 1.807) is 6.07 Å². The van der Waals surface area contributed by atoms with Crippen molar-refractivity contribution >= 4 is 28.2 Å². The van der Waals surface area contributed by atoms with Crippen molar-refractivity contribution in [2.24, 2.45) is 0 Å². The topological polar surface area (TPSA) is 53.1 Å². The fourth-order valence-electron chi connectivity index (χ4n) is 1.90. The van der Waals surface area contributed by atoms with Gasteiger partial charge in [0.25, 0.3) is 0 Å². The van der Waals surface area contributed by atoms with Gasteiger partial charge in [-0.2, -0.15) is 5.10 Å². The van der Waals surface area contributed by atoms with Crippen LogP contribution in [0.3, 0.4) is 0 Å². The number of nitrogen functional groups attached to an aromatic ring is 1. The van der Waals surface area contributed by atoms with Crippen LogP contribution in [0.4, 0.5) is 5.69 Å². The molecule has 3 rings (SSSR count). The highest BCUT2D eigenvalue weighted by atomic mass is 35.5. The first kappa shape index (κ1) is 9.00. The van der Waals surface area contributed by atoms with Crippen LogP contribution in [0.25, 0.3) is 10.9 Å². The molecule has 0 fully saturated rings. The van der Waals surface area contributed by atoms with E-state index in [1.165, 1.54) is 0 Å². The Morgan fingerprint density at radius 2 is 2.33 bits per heavy atom. The third kappa shape index (κ3) is 1.22. The minimum Gasteiger partial charge on any atom is -0.396 e. The summed E-state index contributed by atoms with van der Waals surface area (Å²) in [5.41, 5.74) is 8.30. The number of fused-ring (bicyclic) bond motifs is 3. The van der Waals surface area contributed by atoms with E-state index in [1.807, 2.05) is 10.7 Å². The van der Waals surface area contributed by atoms with E-state index in [2.05, 4.69) is 5.10 Å². The maximum Gasteiger partial charge on any atom is 0.117 e. The van der Waals surface area contributed by atoms with Gasteiger partial charge in [-0.15, -0.1) is 0 Å². The minimum atomic E-state index is 0.552. The number of ether oxygens (including phenoxy) is 1. The number of rotatable bonds is 0. The highest BCUT2D eigenvalue weighted by Crippen LogP contribution is 2.30. The molecule has 4 nitrogen and oxygen atoms in total. The second-order valence-corrected chi connectivity index (χ2v) is 3.99. The lowest BCUT2D eigenvalue weighted by molar-refractivity contribution is 0.0812. The third-order valence-corrected chi connectivity index (χ3v) is 3.02. The molecule has 1 aromatic heterocycles. The van der Waals surface area contributed by atoms with Crippen LogP contribution in [-0.2, 0) is 17.9 Å². The molecule has 0 aliphatic carbocycles. The summed E-state index contributed by atoms with van der Waals surface area (Å²) >= 11 is 5.95. The van der Waals surface area contributed by atoms with E-state index in [0.29, 0.717) is 23.9 Å². The first-order chi connectivity index (χ1) is 7.27. The standard InChI is InChI=1S/C10H10ClN3O/c11-7-2-1-6-8-5-15-4-3-14(8)13-10(6)9(7)12/h1-2H,3-5,12H2. The van der Waals surface area contributed by atoms with Gasteiger partial charge in [0.1, 0.15) is 5.52 Å². The molecule has 0 atom stereocenters. The maximum atomic E-state index is 5.95. The summed E-state index contributed by atoms with van der Waals surface area (Å²) in [6.07, 6.45) is 0. The van der Waals surface area contributed by atoms with Crippen LogP contribution in [-0.4, -0.2) is 16.4 Å². The largest absolute Gasteiger partial charge is 0.396 e. The number of aromatic nitrogens is 2. The lowest BCUT2D eigenvalue weighted by atomic mass is 10.2. The molecule has 0 unspecified atom stereocenters. The smallest absolute Gasteiger partial charge is 0.117 e. The Kier molecular flexibility index (Phi) is 1.87. The van der Waals surface area contributed by atoms with Gasteiger partial charge in [0, 0.05) is 5.39 Å². The molecule has 78 valence electrons. The molecule has 15 heavy (non-hydrogen) atoms. The van der Waals surface area contributed by atoms with Gasteiger partial charge in [-0.05, 0) is 12.1 Å². The van der Waals surface area contributed by atoms with Gasteiger partial charge in [-0.3, -0.25) is 4.68 Å². The normalized spacial score (nSPS) is 15.5. The number of anilines is 1. The highest BCUT2D eigenvalue weighted by Gasteiger charge is 2.17. The van der Waals surface area contributed by atoms with Gasteiger partial charge in [0.15, 0.2) is 0 Å². The predicted octanol–water partition coefficient (Wildman–Crippen LogP) is 1.80. The van der Waals surface area contributed by atoms with Crippen LogP contribution in [0.2, 0.25) is 5.02 Å². The lowest BCUT2D eigenvalue weighted by Gasteiger charge is -2.13. The fraction of sp³-hybridized carbons (Fsp3) is 0.300. The summed E-state index contributed by atoms with van der Waals surface area (Å²) in [5.74, 6) is 0. The highest BCUT2D eigenvalue weighted by molar-refractivity contribution is 6.34. The van der Waals surface area contributed by atoms with Crippen LogP contribution in [0.1, 0.15) is 5.69 Å². The van der Waals surface area contributed by atoms with Crippen molar-refractivity contribution in [1.29, 1.82) is 0 Å². The van der Waals surface area contributed by atoms with Gasteiger partial charge in [0.05, 0.1) is 36.2 Å². The Morgan fingerprint density at radius 3 is 3.20 bits per heavy atom. The maximum absolute atomic E-state index is 5.95. The van der Waals surface area contributed by atoms with Crippen LogP contribution < -0.4 is 5.73 Å². The van der Waals surface area contributed by atoms with Crippen LogP contribution >= 0.6 is 11.6 Å². The van der Waals surface area contributed by atoms with E-state index in [9.17, 15) is 0 Å². The summed E-state index contributed by atoms with van der Waals surface area (Å²) in [6, 6.07) is 3.75. The molecule has 0 radical (unpaired) electrons. The fourth-order valence-corrected chi connectivity index (χ4v) is 2.05. The van der Waals surface area contributed by atoms with Crippen molar-refractivity contribution in [3.8, 4) is 0 Å². The number of hydrogen-bond donors (Lipinski definition) is 1. The molecule has 0 amide bonds. The van der Waals surface area contributed by atoms with Crippen LogP contribution in [0.5, 0.6) is 0 Å². The van der Waals surface area contributed by atoms with E-state index in [0.717, 1.165) is 23.1 Å². The number of nitrogens with zero attached hydrogens (tertiary/aromatic N) is 2. The first-order valence-corrected chi connectivity index (χ1v) is 5.16. The third-order valence-electron chi connectivity index (χ3n) is 2.69. The summed E-state index contributed by atoms with van der Waals surface area (Å²) in [7, 11) is 0. The zero-order valence-corrected chi connectivity index (χ0v) is 8.79. The molecule has 0 saturated carbocycles. The molecule has 5 heteroatoms. The number of nitrogens with two attached hydrogens (primary N) is 1. The van der Waals surface area contributed by atoms with Crippen molar-refractivity contribution < 1.29 is 4.74 Å². The van der Waals surface area contributed by atoms with Gasteiger partial charge in [-0.25, -0.2) is 0 Å². The molecule has 2 aromatic rings. The molecule has 2 heterocycles. The molecule has 0 saturated heterocycles. The van der Waals surface area contributed by atoms with Crippen molar-refractivity contribution in [3.05, 3.63) is 22.8 Å². The Hall–Kier alpha value is -1.26. The average molecular weight is 224 g/mol. The zero-order valence-electron chi connectivity index (χ0n) is 8.03. The summed E-state index contributed by atoms with van der Waals surface area (Å²) in [5, 5.41) is 6.03. The molecule has 1 aliphatic rings. The van der Waals surface area contributed by atoms with E-state index in [4.69, 9.17) is 22.1 Å². The quantitative estimate of drug-likeness (QED) is 0.693. The van der Waals surface area contributed by atoms with Crippen LogP contribution in [0.15, 0.2) is 12.1 Å². The zero-order chi connectivity index (χ0) is 10.4. The Labute approximate surface area is 91.6 Å². The Morgan fingerprint density at radius 1 is 1.47 bits per heavy atom. The van der Waals surface area contributed by atoms with Crippen LogP contribution in [0, 0.1) is 0 Å². The lowest BCUT2D eigenvalue weighted by Crippen LogP contribution is -2.16. The van der Waals surface area contributed by atoms with Crippen molar-refractivity contribution in [3.63, 3.8) is 0 Å². The summed E-state index contributed by atoms with van der Waals surface area (Å²) in [6.45, 7) is 2.08. The Balaban J connectivity index is 2.36. The molecular weight excluding hydrogens is 214 g/mol. The molecule has 2 N–H and O–H groups in total. The van der Waals surface area contributed by atoms with Crippen molar-refractivity contribution in [2.45, 2.75) is 13.2 Å². The molecule has 0 bridgehead atoms. The summed E-state index contributed by atoms with van der Waals surface area (Å²) in [4.78, 5) is 0. The van der Waals surface area contributed by atoms with Crippen molar-refractivity contribution in [2.75, 3.05) is 12.3 Å². The number of halogens is 1. The molecule has 0 spiro atoms. The average Bonchev–Trinajstić information content (AvgIpc) is 2.63. The Bertz CT molecular complexity index is 535. The van der Waals surface area contributed by atoms with Gasteiger partial charge in [0.2, 0.25) is 0 Å². The van der Waals surface area contributed by atoms with Crippen molar-refractivity contribution in [1.82, 2.24) is 9.78 Å². The molecular formula is C10H10ClN3O. The SMILES string of the molecule is Nc1c(Cl)ccc2c3n(nc12)CCOC3.